The van der Waals surface area contributed by atoms with Crippen LogP contribution in [0.1, 0.15) is 103 Å². The summed E-state index contributed by atoms with van der Waals surface area (Å²) in [6.07, 6.45) is 23.6. The van der Waals surface area contributed by atoms with Gasteiger partial charge in [0.25, 0.3) is 0 Å². The summed E-state index contributed by atoms with van der Waals surface area (Å²) in [5, 5.41) is 0. The van der Waals surface area contributed by atoms with Gasteiger partial charge in [-0.1, -0.05) is 51.4 Å². The molecule has 0 amide bonds. The van der Waals surface area contributed by atoms with E-state index in [1.165, 1.54) is 64.2 Å². The van der Waals surface area contributed by atoms with Crippen molar-refractivity contribution in [2.45, 2.75) is 139 Å². The van der Waals surface area contributed by atoms with Crippen LogP contribution in [0, 0.1) is 11.8 Å². The van der Waals surface area contributed by atoms with E-state index >= 15 is 0 Å². The van der Waals surface area contributed by atoms with Crippen LogP contribution in [0.25, 0.3) is 0 Å². The minimum Gasteiger partial charge on any atom is -0.465 e. The van der Waals surface area contributed by atoms with E-state index in [-0.39, 0.29) is 11.9 Å². The van der Waals surface area contributed by atoms with Crippen LogP contribution in [0.4, 0.5) is 0 Å². The summed E-state index contributed by atoms with van der Waals surface area (Å²) < 4.78 is 22.1. The molecule has 3 saturated carbocycles. The zero-order valence-electron chi connectivity index (χ0n) is 19.2. The van der Waals surface area contributed by atoms with Crippen molar-refractivity contribution in [3.63, 3.8) is 0 Å². The van der Waals surface area contributed by atoms with E-state index in [0.29, 0.717) is 49.1 Å². The molecule has 0 aromatic carbocycles. The van der Waals surface area contributed by atoms with Gasteiger partial charge in [-0.3, -0.25) is 4.79 Å². The van der Waals surface area contributed by atoms with Crippen LogP contribution in [0.15, 0.2) is 0 Å². The molecule has 176 valence electrons. The quantitative estimate of drug-likeness (QED) is 0.443. The number of carbonyl (C=O) groups excluding carboxylic acids is 1. The Morgan fingerprint density at radius 3 is 1.71 bits per heavy atom. The highest BCUT2D eigenvalue weighted by atomic mass is 16.6. The van der Waals surface area contributed by atoms with E-state index in [1.54, 1.807) is 0 Å². The van der Waals surface area contributed by atoms with Gasteiger partial charge in [-0.25, -0.2) is 0 Å². The molecule has 8 unspecified atom stereocenters. The topological polar surface area (TPSA) is 63.9 Å². The van der Waals surface area contributed by atoms with E-state index in [0.717, 1.165) is 38.5 Å². The smallest absolute Gasteiger partial charge is 0.309 e. The van der Waals surface area contributed by atoms with E-state index < -0.39 is 0 Å². The highest BCUT2D eigenvalue weighted by Gasteiger charge is 2.47. The van der Waals surface area contributed by atoms with Crippen molar-refractivity contribution in [3.8, 4) is 0 Å². The van der Waals surface area contributed by atoms with Crippen LogP contribution in [-0.4, -0.2) is 49.2 Å². The Bertz CT molecular complexity index is 578. The molecular weight excluding hydrogens is 392 g/mol. The first kappa shape index (κ1) is 22.2. The number of epoxide rings is 3. The first-order valence-corrected chi connectivity index (χ1v) is 13.4. The van der Waals surface area contributed by atoms with Crippen LogP contribution in [-0.2, 0) is 23.7 Å². The molecule has 0 aromatic rings. The molecule has 3 aliphatic heterocycles. The fraction of sp³-hybridized carbons (Fsp3) is 0.962. The molecule has 0 aromatic heterocycles. The molecule has 6 aliphatic rings. The molecule has 3 aliphatic carbocycles. The molecule has 0 bridgehead atoms. The molecular formula is C26H42O5. The molecule has 8 atom stereocenters. The predicted molar refractivity (Wildman–Crippen MR) is 118 cm³/mol. The molecule has 0 radical (unpaired) electrons. The maximum absolute atomic E-state index is 12.0. The summed E-state index contributed by atoms with van der Waals surface area (Å²) in [7, 11) is 0. The third-order valence-electron chi connectivity index (χ3n) is 8.33. The molecule has 6 rings (SSSR count). The van der Waals surface area contributed by atoms with Gasteiger partial charge in [-0.05, 0) is 57.3 Å². The Balaban J connectivity index is 0.000000140. The second-order valence-electron chi connectivity index (χ2n) is 10.9. The van der Waals surface area contributed by atoms with E-state index in [9.17, 15) is 4.79 Å². The van der Waals surface area contributed by atoms with E-state index in [4.69, 9.17) is 18.9 Å². The van der Waals surface area contributed by atoms with Gasteiger partial charge in [0.05, 0.1) is 49.1 Å². The zero-order chi connectivity index (χ0) is 21.0. The standard InChI is InChI=1S/C14H20O4.C12H22O/c15-14(9-2-4-11-13(6-9)18-11)16-7-8-1-3-10-12(5-8)17-10;1-2-4-6-8-10-12-11(13-12)9-7-5-3-1/h8-13H,1-7H2;11-12H,1-10H2. The number of hydrogen-bond acceptors (Lipinski definition) is 5. The summed E-state index contributed by atoms with van der Waals surface area (Å²) in [6, 6.07) is 0. The van der Waals surface area contributed by atoms with E-state index in [2.05, 4.69) is 0 Å². The van der Waals surface area contributed by atoms with Gasteiger partial charge in [0.1, 0.15) is 0 Å². The highest BCUT2D eigenvalue weighted by molar-refractivity contribution is 5.72. The fourth-order valence-corrected chi connectivity index (χ4v) is 6.01. The van der Waals surface area contributed by atoms with Gasteiger partial charge in [-0.15, -0.1) is 0 Å². The second-order valence-corrected chi connectivity index (χ2v) is 10.9. The number of hydrogen-bond donors (Lipinski definition) is 0. The summed E-state index contributed by atoms with van der Waals surface area (Å²) in [6.45, 7) is 0.594. The SMILES string of the molecule is C1CCCCCC2OC2CCCC1.O=C(OCC1CCC2OC2C1)C1CCC2OC2C1. The van der Waals surface area contributed by atoms with Crippen LogP contribution in [0.5, 0.6) is 0 Å². The predicted octanol–water partition coefficient (Wildman–Crippen LogP) is 5.33. The third-order valence-corrected chi connectivity index (χ3v) is 8.33. The first-order chi connectivity index (χ1) is 15.3. The van der Waals surface area contributed by atoms with Crippen molar-refractivity contribution in [2.75, 3.05) is 6.61 Å². The molecule has 31 heavy (non-hydrogen) atoms. The minimum atomic E-state index is 0.00258. The Morgan fingerprint density at radius 2 is 1.10 bits per heavy atom. The fourth-order valence-electron chi connectivity index (χ4n) is 6.01. The maximum Gasteiger partial charge on any atom is 0.309 e. The largest absolute Gasteiger partial charge is 0.465 e. The van der Waals surface area contributed by atoms with Crippen molar-refractivity contribution >= 4 is 5.97 Å². The average Bonchev–Trinajstić information content (AvgIpc) is 3.66. The summed E-state index contributed by atoms with van der Waals surface area (Å²) in [5.41, 5.74) is 0. The van der Waals surface area contributed by atoms with Gasteiger partial charge in [-0.2, -0.15) is 0 Å². The molecule has 3 heterocycles. The normalized spacial score (nSPS) is 43.9. The monoisotopic (exact) mass is 434 g/mol. The molecule has 5 heteroatoms. The van der Waals surface area contributed by atoms with Gasteiger partial charge >= 0.3 is 5.97 Å². The molecule has 3 saturated heterocycles. The molecule has 5 nitrogen and oxygen atoms in total. The Morgan fingerprint density at radius 1 is 0.581 bits per heavy atom. The van der Waals surface area contributed by atoms with Gasteiger partial charge < -0.3 is 18.9 Å². The van der Waals surface area contributed by atoms with Gasteiger partial charge in [0.15, 0.2) is 0 Å². The van der Waals surface area contributed by atoms with E-state index in [1.807, 2.05) is 0 Å². The van der Waals surface area contributed by atoms with Gasteiger partial charge in [0.2, 0.25) is 0 Å². The van der Waals surface area contributed by atoms with Gasteiger partial charge in [0, 0.05) is 0 Å². The Labute approximate surface area is 187 Å². The Kier molecular flexibility index (Phi) is 7.52. The van der Waals surface area contributed by atoms with Crippen molar-refractivity contribution in [3.05, 3.63) is 0 Å². The van der Waals surface area contributed by atoms with Crippen molar-refractivity contribution in [2.24, 2.45) is 11.8 Å². The average molecular weight is 435 g/mol. The summed E-state index contributed by atoms with van der Waals surface area (Å²) >= 11 is 0. The van der Waals surface area contributed by atoms with Crippen molar-refractivity contribution in [1.82, 2.24) is 0 Å². The first-order valence-electron chi connectivity index (χ1n) is 13.4. The molecule has 0 N–H and O–H groups in total. The van der Waals surface area contributed by atoms with Crippen LogP contribution in [0.2, 0.25) is 0 Å². The lowest BCUT2D eigenvalue weighted by Crippen LogP contribution is -2.27. The maximum atomic E-state index is 12.0. The lowest BCUT2D eigenvalue weighted by Gasteiger charge is -2.21. The summed E-state index contributed by atoms with van der Waals surface area (Å²) in [4.78, 5) is 12.0. The van der Waals surface area contributed by atoms with Crippen LogP contribution < -0.4 is 0 Å². The highest BCUT2D eigenvalue weighted by Crippen LogP contribution is 2.41. The molecule has 0 spiro atoms. The zero-order valence-corrected chi connectivity index (χ0v) is 19.2. The van der Waals surface area contributed by atoms with Crippen molar-refractivity contribution < 1.29 is 23.7 Å². The number of fused-ring (bicyclic) bond motifs is 3. The molecule has 6 fully saturated rings. The van der Waals surface area contributed by atoms with Crippen molar-refractivity contribution in [1.29, 1.82) is 0 Å². The second kappa shape index (κ2) is 10.5. The lowest BCUT2D eigenvalue weighted by molar-refractivity contribution is -0.151. The lowest BCUT2D eigenvalue weighted by atomic mass is 9.89. The third kappa shape index (κ3) is 6.68. The van der Waals surface area contributed by atoms with Crippen LogP contribution in [0.3, 0.4) is 0 Å². The summed E-state index contributed by atoms with van der Waals surface area (Å²) in [5.74, 6) is 0.608. The number of ether oxygens (including phenoxy) is 4. The van der Waals surface area contributed by atoms with Crippen LogP contribution >= 0.6 is 0 Å². The number of rotatable bonds is 3. The number of esters is 1. The Hall–Kier alpha value is -0.650. The minimum absolute atomic E-state index is 0.00258. The number of carbonyl (C=O) groups is 1.